The van der Waals surface area contributed by atoms with E-state index in [4.69, 9.17) is 12.2 Å². The van der Waals surface area contributed by atoms with Gasteiger partial charge in [0.15, 0.2) is 16.4 Å². The van der Waals surface area contributed by atoms with Gasteiger partial charge in [0.25, 0.3) is 5.56 Å². The van der Waals surface area contributed by atoms with Crippen LogP contribution in [0.15, 0.2) is 29.2 Å². The highest BCUT2D eigenvalue weighted by molar-refractivity contribution is 7.71. The molecule has 0 unspecified atom stereocenters. The molecule has 3 aromatic rings. The Morgan fingerprint density at radius 1 is 1.21 bits per heavy atom. The molecule has 0 saturated heterocycles. The van der Waals surface area contributed by atoms with Crippen LogP contribution in [0.2, 0.25) is 0 Å². The highest BCUT2D eigenvalue weighted by atomic mass is 32.1. The maximum atomic E-state index is 13.2. The molecule has 0 atom stereocenters. The van der Waals surface area contributed by atoms with Crippen LogP contribution in [-0.2, 0) is 0 Å². The topological polar surface area (TPSA) is 66.5 Å². The van der Waals surface area contributed by atoms with E-state index >= 15 is 0 Å². The van der Waals surface area contributed by atoms with Crippen LogP contribution in [-0.4, -0.2) is 19.7 Å². The van der Waals surface area contributed by atoms with Gasteiger partial charge in [-0.1, -0.05) is 0 Å². The van der Waals surface area contributed by atoms with Crippen molar-refractivity contribution in [3.63, 3.8) is 0 Å². The molecule has 0 aliphatic heterocycles. The number of H-pyrrole nitrogens is 2. The molecular formula is C11H6F2N4OS. The zero-order valence-corrected chi connectivity index (χ0v) is 10.1. The lowest BCUT2D eigenvalue weighted by Crippen LogP contribution is -2.08. The minimum atomic E-state index is -0.996. The Balaban J connectivity index is 2.34. The molecule has 0 aliphatic carbocycles. The smallest absolute Gasteiger partial charge is 0.262 e. The minimum Gasteiger partial charge on any atom is -0.316 e. The summed E-state index contributed by atoms with van der Waals surface area (Å²) >= 11 is 4.86. The molecule has 2 N–H and O–H groups in total. The zero-order valence-electron chi connectivity index (χ0n) is 9.28. The summed E-state index contributed by atoms with van der Waals surface area (Å²) in [5.41, 5.74) is 0.206. The largest absolute Gasteiger partial charge is 0.316 e. The third-order valence-corrected chi connectivity index (χ3v) is 2.82. The number of nitrogens with zero attached hydrogens (tertiary/aromatic N) is 2. The van der Waals surface area contributed by atoms with Gasteiger partial charge in [-0.3, -0.25) is 9.78 Å². The van der Waals surface area contributed by atoms with E-state index in [1.54, 1.807) is 0 Å². The quantitative estimate of drug-likeness (QED) is 0.670. The molecule has 0 fully saturated rings. The number of hydrogen-bond donors (Lipinski definition) is 2. The molecule has 0 aliphatic rings. The van der Waals surface area contributed by atoms with Gasteiger partial charge in [0.2, 0.25) is 0 Å². The van der Waals surface area contributed by atoms with Crippen molar-refractivity contribution in [2.45, 2.75) is 0 Å². The zero-order chi connectivity index (χ0) is 13.6. The first-order valence-electron chi connectivity index (χ1n) is 5.22. The summed E-state index contributed by atoms with van der Waals surface area (Å²) in [6, 6.07) is 3.32. The number of fused-ring (bicyclic) bond motifs is 1. The summed E-state index contributed by atoms with van der Waals surface area (Å²) in [5.74, 6) is -1.95. The molecule has 2 heterocycles. The summed E-state index contributed by atoms with van der Waals surface area (Å²) in [6.07, 6.45) is 1.32. The van der Waals surface area contributed by atoms with Crippen molar-refractivity contribution in [2.75, 3.05) is 0 Å². The van der Waals surface area contributed by atoms with Crippen LogP contribution in [0, 0.1) is 16.4 Å². The van der Waals surface area contributed by atoms with Gasteiger partial charge >= 0.3 is 0 Å². The molecule has 5 nitrogen and oxygen atoms in total. The minimum absolute atomic E-state index is 0.127. The number of nitrogens with one attached hydrogen (secondary N) is 2. The molecule has 8 heteroatoms. The van der Waals surface area contributed by atoms with E-state index in [1.807, 2.05) is 0 Å². The van der Waals surface area contributed by atoms with E-state index < -0.39 is 17.2 Å². The second-order valence-corrected chi connectivity index (χ2v) is 4.23. The Morgan fingerprint density at radius 3 is 2.74 bits per heavy atom. The van der Waals surface area contributed by atoms with E-state index in [2.05, 4.69) is 15.1 Å². The second-order valence-electron chi connectivity index (χ2n) is 3.83. The van der Waals surface area contributed by atoms with E-state index in [-0.39, 0.29) is 15.8 Å². The summed E-state index contributed by atoms with van der Waals surface area (Å²) in [6.45, 7) is 0. The molecule has 96 valence electrons. The Bertz CT molecular complexity index is 896. The number of hydrogen-bond acceptors (Lipinski definition) is 3. The molecule has 0 spiro atoms. The lowest BCUT2D eigenvalue weighted by atomic mass is 10.3. The van der Waals surface area contributed by atoms with Crippen LogP contribution < -0.4 is 5.56 Å². The van der Waals surface area contributed by atoms with E-state index in [9.17, 15) is 13.6 Å². The second kappa shape index (κ2) is 4.09. The average molecular weight is 280 g/mol. The fraction of sp³-hybridized carbons (Fsp3) is 0. The molecule has 0 saturated carbocycles. The van der Waals surface area contributed by atoms with Crippen molar-refractivity contribution in [3.05, 3.63) is 51.2 Å². The highest BCUT2D eigenvalue weighted by Crippen LogP contribution is 2.16. The average Bonchev–Trinajstić information content (AvgIpc) is 2.76. The van der Waals surface area contributed by atoms with Gasteiger partial charge in [0.05, 0.1) is 11.9 Å². The van der Waals surface area contributed by atoms with Crippen molar-refractivity contribution < 1.29 is 8.78 Å². The van der Waals surface area contributed by atoms with Crippen molar-refractivity contribution in [3.8, 4) is 5.69 Å². The summed E-state index contributed by atoms with van der Waals surface area (Å²) in [7, 11) is 0. The maximum absolute atomic E-state index is 13.2. The monoisotopic (exact) mass is 280 g/mol. The molecule has 19 heavy (non-hydrogen) atoms. The molecule has 0 amide bonds. The van der Waals surface area contributed by atoms with Crippen molar-refractivity contribution in [2.24, 2.45) is 0 Å². The van der Waals surface area contributed by atoms with Crippen LogP contribution in [0.1, 0.15) is 0 Å². The van der Waals surface area contributed by atoms with Crippen molar-refractivity contribution in [1.82, 2.24) is 19.7 Å². The van der Waals surface area contributed by atoms with E-state index in [1.165, 1.54) is 16.9 Å². The van der Waals surface area contributed by atoms with Crippen molar-refractivity contribution in [1.29, 1.82) is 0 Å². The molecule has 0 bridgehead atoms. The first-order chi connectivity index (χ1) is 9.06. The number of benzene rings is 1. The Morgan fingerprint density at radius 2 is 2.00 bits per heavy atom. The number of aromatic amines is 2. The molecule has 1 aromatic carbocycles. The van der Waals surface area contributed by atoms with Gasteiger partial charge in [0.1, 0.15) is 11.0 Å². The number of halogens is 2. The van der Waals surface area contributed by atoms with Crippen LogP contribution in [0.25, 0.3) is 16.7 Å². The van der Waals surface area contributed by atoms with E-state index in [0.29, 0.717) is 5.65 Å². The molecule has 2 aromatic heterocycles. The standard InChI is InChI=1S/C11H6F2N4OS/c12-7-2-1-5(3-8(7)13)17-9-6(4-14-17)10(18)16-11(19)15-9/h1-4H,(H2,15,16,18,19). The van der Waals surface area contributed by atoms with Crippen LogP contribution in [0.4, 0.5) is 8.78 Å². The number of rotatable bonds is 1. The lowest BCUT2D eigenvalue weighted by Gasteiger charge is -2.03. The molecule has 0 radical (unpaired) electrons. The van der Waals surface area contributed by atoms with Gasteiger partial charge in [-0.25, -0.2) is 13.5 Å². The van der Waals surface area contributed by atoms with Gasteiger partial charge in [0, 0.05) is 6.07 Å². The summed E-state index contributed by atoms with van der Waals surface area (Å²) in [5, 5.41) is 4.24. The van der Waals surface area contributed by atoms with Crippen LogP contribution in [0.3, 0.4) is 0 Å². The first-order valence-corrected chi connectivity index (χ1v) is 5.63. The highest BCUT2D eigenvalue weighted by Gasteiger charge is 2.10. The van der Waals surface area contributed by atoms with Gasteiger partial charge < -0.3 is 4.98 Å². The summed E-state index contributed by atoms with van der Waals surface area (Å²) in [4.78, 5) is 16.8. The number of aromatic nitrogens is 4. The fourth-order valence-corrected chi connectivity index (χ4v) is 1.95. The van der Waals surface area contributed by atoms with E-state index in [0.717, 1.165) is 12.1 Å². The first kappa shape index (κ1) is 11.7. The van der Waals surface area contributed by atoms with Crippen LogP contribution >= 0.6 is 12.2 Å². The predicted octanol–water partition coefficient (Wildman–Crippen LogP) is 2.05. The van der Waals surface area contributed by atoms with Gasteiger partial charge in [-0.05, 0) is 24.4 Å². The third-order valence-electron chi connectivity index (χ3n) is 2.62. The SMILES string of the molecule is O=c1[nH]c(=S)[nH]c2c1cnn2-c1ccc(F)c(F)c1. The Hall–Kier alpha value is -2.35. The molecule has 3 rings (SSSR count). The fourth-order valence-electron chi connectivity index (χ4n) is 1.76. The Labute approximate surface area is 109 Å². The predicted molar refractivity (Wildman–Crippen MR) is 66.8 cm³/mol. The van der Waals surface area contributed by atoms with Crippen LogP contribution in [0.5, 0.6) is 0 Å². The lowest BCUT2D eigenvalue weighted by molar-refractivity contribution is 0.507. The van der Waals surface area contributed by atoms with Gasteiger partial charge in [-0.15, -0.1) is 0 Å². The third kappa shape index (κ3) is 1.85. The van der Waals surface area contributed by atoms with Crippen molar-refractivity contribution >= 4 is 23.3 Å². The normalized spacial score (nSPS) is 11.1. The molecular weight excluding hydrogens is 274 g/mol. The maximum Gasteiger partial charge on any atom is 0.262 e. The Kier molecular flexibility index (Phi) is 2.53. The summed E-state index contributed by atoms with van der Waals surface area (Å²) < 4.78 is 27.5. The van der Waals surface area contributed by atoms with Gasteiger partial charge in [-0.2, -0.15) is 5.10 Å².